The Bertz CT molecular complexity index is 915. The van der Waals surface area contributed by atoms with Crippen molar-refractivity contribution in [2.45, 2.75) is 37.6 Å². The second-order valence-electron chi connectivity index (χ2n) is 6.04. The second kappa shape index (κ2) is 7.77. The summed E-state index contributed by atoms with van der Waals surface area (Å²) in [6.45, 7) is 0.618. The number of amides is 1. The largest absolute Gasteiger partial charge is 0.469 e. The molecule has 0 radical (unpaired) electrons. The number of aliphatic hydroxyl groups excluding tert-OH is 3. The lowest BCUT2D eigenvalue weighted by Gasteiger charge is -2.16. The number of nitrogens with one attached hydrogen (secondary N) is 1. The molecule has 2 aromatic heterocycles. The van der Waals surface area contributed by atoms with Crippen LogP contribution in [0.5, 0.6) is 0 Å². The van der Waals surface area contributed by atoms with Crippen molar-refractivity contribution in [2.75, 3.05) is 11.9 Å². The number of rotatable bonds is 6. The number of phosphoric ester groups is 1. The molecule has 3 rings (SSSR count). The van der Waals surface area contributed by atoms with Gasteiger partial charge in [-0.25, -0.2) is 19.5 Å². The van der Waals surface area contributed by atoms with Crippen LogP contribution in [-0.2, 0) is 18.6 Å². The molecule has 1 aliphatic heterocycles. The molecule has 1 unspecified atom stereocenters. The van der Waals surface area contributed by atoms with Crippen LogP contribution in [-0.4, -0.2) is 81.6 Å². The van der Waals surface area contributed by atoms with Gasteiger partial charge in [-0.1, -0.05) is 0 Å². The summed E-state index contributed by atoms with van der Waals surface area (Å²) >= 11 is 0. The van der Waals surface area contributed by atoms with E-state index in [4.69, 9.17) is 14.5 Å². The highest BCUT2D eigenvalue weighted by Gasteiger charge is 2.45. The van der Waals surface area contributed by atoms with E-state index in [1.165, 1.54) is 17.8 Å². The third-order valence-electron chi connectivity index (χ3n) is 4.00. The number of aromatic nitrogens is 4. The number of hydrogen-bond donors (Lipinski definition) is 6. The summed E-state index contributed by atoms with van der Waals surface area (Å²) in [5, 5.41) is 32.0. The van der Waals surface area contributed by atoms with Gasteiger partial charge < -0.3 is 35.2 Å². The summed E-state index contributed by atoms with van der Waals surface area (Å²) in [5.41, 5.74) is 0.278. The lowest BCUT2D eigenvalue weighted by molar-refractivity contribution is -0.123. The molecular formula is C13H18N5O9P. The number of carbonyl (C=O) groups is 1. The first-order valence-electron chi connectivity index (χ1n) is 7.96. The van der Waals surface area contributed by atoms with E-state index >= 15 is 0 Å². The number of hydrogen-bond acceptors (Lipinski definition) is 10. The van der Waals surface area contributed by atoms with Gasteiger partial charge in [-0.05, 0) is 6.92 Å². The molecule has 2 aromatic rings. The van der Waals surface area contributed by atoms with Crippen molar-refractivity contribution < 1.29 is 43.7 Å². The Balaban J connectivity index is 1.85. The van der Waals surface area contributed by atoms with Gasteiger partial charge in [-0.15, -0.1) is 0 Å². The molecule has 3 heterocycles. The minimum absolute atomic E-state index is 0.0177. The Morgan fingerprint density at radius 3 is 2.71 bits per heavy atom. The van der Waals surface area contributed by atoms with E-state index < -0.39 is 51.0 Å². The number of imidazole rings is 1. The van der Waals surface area contributed by atoms with Crippen LogP contribution in [0.2, 0.25) is 0 Å². The fraction of sp³-hybridized carbons (Fsp3) is 0.538. The van der Waals surface area contributed by atoms with Gasteiger partial charge in [0.05, 0.1) is 12.9 Å². The molecule has 0 bridgehead atoms. The summed E-state index contributed by atoms with van der Waals surface area (Å²) in [4.78, 5) is 41.2. The number of fused-ring (bicyclic) bond motifs is 1. The van der Waals surface area contributed by atoms with E-state index in [1.54, 1.807) is 0 Å². The molecular weight excluding hydrogens is 401 g/mol. The SMILES string of the molecule is CC(O)C(=O)Nc1ncnc2c1ncn2[C@@H]1O[C@H](COP(=O)(O)O)[C@@H](O)[C@H]1O. The van der Waals surface area contributed by atoms with Gasteiger partial charge >= 0.3 is 7.82 Å². The van der Waals surface area contributed by atoms with Crippen LogP contribution in [0.4, 0.5) is 5.82 Å². The lowest BCUT2D eigenvalue weighted by Crippen LogP contribution is -2.33. The zero-order valence-corrected chi connectivity index (χ0v) is 15.2. The molecule has 15 heteroatoms. The van der Waals surface area contributed by atoms with Crippen molar-refractivity contribution in [3.05, 3.63) is 12.7 Å². The average molecular weight is 419 g/mol. The first-order chi connectivity index (χ1) is 13.1. The summed E-state index contributed by atoms with van der Waals surface area (Å²) in [6.07, 6.45) is -4.33. The Morgan fingerprint density at radius 1 is 1.36 bits per heavy atom. The molecule has 1 aliphatic rings. The molecule has 0 aromatic carbocycles. The van der Waals surface area contributed by atoms with E-state index in [-0.39, 0.29) is 17.0 Å². The van der Waals surface area contributed by atoms with E-state index in [2.05, 4.69) is 24.8 Å². The fourth-order valence-electron chi connectivity index (χ4n) is 2.62. The van der Waals surface area contributed by atoms with Gasteiger partial charge in [0.2, 0.25) is 0 Å². The Morgan fingerprint density at radius 2 is 2.07 bits per heavy atom. The highest BCUT2D eigenvalue weighted by Crippen LogP contribution is 2.38. The molecule has 0 aliphatic carbocycles. The number of anilines is 1. The van der Waals surface area contributed by atoms with E-state index in [1.807, 2.05) is 0 Å². The van der Waals surface area contributed by atoms with Crippen molar-refractivity contribution >= 4 is 30.7 Å². The van der Waals surface area contributed by atoms with Crippen molar-refractivity contribution in [3.8, 4) is 0 Å². The number of carbonyl (C=O) groups excluding carboxylic acids is 1. The molecule has 28 heavy (non-hydrogen) atoms. The normalized spacial score (nSPS) is 26.5. The highest BCUT2D eigenvalue weighted by molar-refractivity contribution is 7.46. The monoisotopic (exact) mass is 419 g/mol. The molecule has 1 fully saturated rings. The molecule has 1 amide bonds. The van der Waals surface area contributed by atoms with Gasteiger partial charge in [-0.3, -0.25) is 13.9 Å². The smallest absolute Gasteiger partial charge is 0.387 e. The van der Waals surface area contributed by atoms with E-state index in [9.17, 15) is 24.7 Å². The van der Waals surface area contributed by atoms with Crippen molar-refractivity contribution in [3.63, 3.8) is 0 Å². The molecule has 1 saturated heterocycles. The summed E-state index contributed by atoms with van der Waals surface area (Å²) in [5.74, 6) is -0.694. The Labute approximate surface area is 157 Å². The maximum atomic E-state index is 11.7. The number of aliphatic hydroxyl groups is 3. The van der Waals surface area contributed by atoms with E-state index in [0.717, 1.165) is 6.33 Å². The van der Waals surface area contributed by atoms with Crippen LogP contribution in [0.25, 0.3) is 11.2 Å². The highest BCUT2D eigenvalue weighted by atomic mass is 31.2. The maximum Gasteiger partial charge on any atom is 0.469 e. The predicted molar refractivity (Wildman–Crippen MR) is 89.6 cm³/mol. The lowest BCUT2D eigenvalue weighted by atomic mass is 10.1. The predicted octanol–water partition coefficient (Wildman–Crippen LogP) is -2.13. The van der Waals surface area contributed by atoms with E-state index in [0.29, 0.717) is 0 Å². The molecule has 14 nitrogen and oxygen atoms in total. The summed E-state index contributed by atoms with van der Waals surface area (Å²) in [7, 11) is -4.78. The average Bonchev–Trinajstić information content (AvgIpc) is 3.15. The quantitative estimate of drug-likeness (QED) is 0.277. The number of ether oxygens (including phenoxy) is 1. The summed E-state index contributed by atoms with van der Waals surface area (Å²) < 4.78 is 21.9. The minimum Gasteiger partial charge on any atom is -0.387 e. The van der Waals surface area contributed by atoms with Crippen LogP contribution < -0.4 is 5.32 Å². The number of phosphoric acid groups is 1. The standard InChI is InChI=1S/C13H18N5O9P/c1-5(19)12(22)17-10-7-11(15-3-14-10)18(4-16-7)13-9(21)8(20)6(27-13)2-26-28(23,24)25/h3-6,8-9,13,19-21H,2H2,1H3,(H2,23,24,25)(H,14,15,17,22)/t5?,6-,8-,9-,13-/m1/s1. The topological polar surface area (TPSA) is 209 Å². The third kappa shape index (κ3) is 4.19. The number of nitrogens with zero attached hydrogens (tertiary/aromatic N) is 4. The zero-order valence-electron chi connectivity index (χ0n) is 14.4. The third-order valence-corrected chi connectivity index (χ3v) is 4.48. The van der Waals surface area contributed by atoms with Crippen LogP contribution in [0.3, 0.4) is 0 Å². The van der Waals surface area contributed by atoms with Crippen LogP contribution >= 0.6 is 7.82 Å². The zero-order chi connectivity index (χ0) is 20.6. The van der Waals surface area contributed by atoms with Crippen LogP contribution in [0.1, 0.15) is 13.2 Å². The van der Waals surface area contributed by atoms with Gasteiger partial charge in [-0.2, -0.15) is 0 Å². The fourth-order valence-corrected chi connectivity index (χ4v) is 2.96. The van der Waals surface area contributed by atoms with Gasteiger partial charge in [0.15, 0.2) is 23.2 Å². The molecule has 154 valence electrons. The molecule has 0 spiro atoms. The van der Waals surface area contributed by atoms with Crippen LogP contribution in [0, 0.1) is 0 Å². The molecule has 5 atom stereocenters. The van der Waals surface area contributed by atoms with Gasteiger partial charge in [0.1, 0.15) is 30.7 Å². The van der Waals surface area contributed by atoms with Crippen LogP contribution in [0.15, 0.2) is 12.7 Å². The Hall–Kier alpha value is -2.03. The second-order valence-corrected chi connectivity index (χ2v) is 7.28. The molecule has 0 saturated carbocycles. The van der Waals surface area contributed by atoms with Crippen molar-refractivity contribution in [1.29, 1.82) is 0 Å². The van der Waals surface area contributed by atoms with Crippen molar-refractivity contribution in [2.24, 2.45) is 0 Å². The minimum atomic E-state index is -4.78. The van der Waals surface area contributed by atoms with Crippen molar-refractivity contribution in [1.82, 2.24) is 19.5 Å². The maximum absolute atomic E-state index is 11.7. The summed E-state index contributed by atoms with van der Waals surface area (Å²) in [6, 6.07) is 0. The first-order valence-corrected chi connectivity index (χ1v) is 9.49. The van der Waals surface area contributed by atoms with Gasteiger partial charge in [0, 0.05) is 0 Å². The Kier molecular flexibility index (Phi) is 5.74. The first kappa shape index (κ1) is 20.7. The van der Waals surface area contributed by atoms with Gasteiger partial charge in [0.25, 0.3) is 5.91 Å². The molecule has 6 N–H and O–H groups in total.